The predicted molar refractivity (Wildman–Crippen MR) is 123 cm³/mol. The third-order valence-electron chi connectivity index (χ3n) is 5.86. The molecule has 3 aromatic rings. The minimum Gasteiger partial charge on any atom is -0.477 e. The fraction of sp³-hybridized carbons (Fsp3) is 0.375. The molecule has 0 spiro atoms. The SMILES string of the molecule is O=C(O)c1c(CNCCCN2CCOCC2)c2ccccc2n1Cc1ccc(F)cc1Cl. The van der Waals surface area contributed by atoms with Crippen LogP contribution < -0.4 is 5.32 Å². The van der Waals surface area contributed by atoms with E-state index in [1.165, 1.54) is 12.1 Å². The molecule has 1 fully saturated rings. The van der Waals surface area contributed by atoms with Crippen LogP contribution in [0.15, 0.2) is 42.5 Å². The fourth-order valence-electron chi connectivity index (χ4n) is 4.25. The number of hydrogen-bond donors (Lipinski definition) is 2. The van der Waals surface area contributed by atoms with E-state index >= 15 is 0 Å². The van der Waals surface area contributed by atoms with Crippen LogP contribution >= 0.6 is 11.6 Å². The minimum atomic E-state index is -0.996. The highest BCUT2D eigenvalue weighted by atomic mass is 35.5. The van der Waals surface area contributed by atoms with Crippen molar-refractivity contribution in [1.29, 1.82) is 0 Å². The molecular weight excluding hydrogens is 433 g/mol. The van der Waals surface area contributed by atoms with E-state index < -0.39 is 11.8 Å². The Labute approximate surface area is 191 Å². The average Bonchev–Trinajstić information content (AvgIpc) is 3.10. The number of nitrogens with one attached hydrogen (secondary N) is 1. The molecule has 0 atom stereocenters. The number of carbonyl (C=O) groups is 1. The van der Waals surface area contributed by atoms with Gasteiger partial charge in [-0.25, -0.2) is 9.18 Å². The molecule has 0 radical (unpaired) electrons. The second-order valence-electron chi connectivity index (χ2n) is 7.96. The average molecular weight is 460 g/mol. The summed E-state index contributed by atoms with van der Waals surface area (Å²) in [6, 6.07) is 11.8. The summed E-state index contributed by atoms with van der Waals surface area (Å²) in [7, 11) is 0. The van der Waals surface area contributed by atoms with Gasteiger partial charge in [0.25, 0.3) is 0 Å². The molecule has 0 amide bonds. The van der Waals surface area contributed by atoms with Gasteiger partial charge in [0.15, 0.2) is 0 Å². The number of carboxylic acids is 1. The summed E-state index contributed by atoms with van der Waals surface area (Å²) in [6.07, 6.45) is 0.978. The zero-order valence-corrected chi connectivity index (χ0v) is 18.6. The van der Waals surface area contributed by atoms with E-state index in [1.54, 1.807) is 10.6 Å². The molecule has 0 bridgehead atoms. The first-order valence-electron chi connectivity index (χ1n) is 10.8. The van der Waals surface area contributed by atoms with Gasteiger partial charge in [-0.05, 0) is 43.3 Å². The molecule has 2 heterocycles. The van der Waals surface area contributed by atoms with E-state index in [4.69, 9.17) is 16.3 Å². The van der Waals surface area contributed by atoms with Gasteiger partial charge in [0, 0.05) is 47.7 Å². The topological polar surface area (TPSA) is 66.7 Å². The van der Waals surface area contributed by atoms with Crippen molar-refractivity contribution >= 4 is 28.5 Å². The van der Waals surface area contributed by atoms with Gasteiger partial charge in [0.2, 0.25) is 0 Å². The largest absolute Gasteiger partial charge is 0.477 e. The van der Waals surface area contributed by atoms with E-state index in [9.17, 15) is 14.3 Å². The first-order chi connectivity index (χ1) is 15.5. The van der Waals surface area contributed by atoms with Gasteiger partial charge in [-0.3, -0.25) is 4.90 Å². The molecule has 2 aromatic carbocycles. The zero-order chi connectivity index (χ0) is 22.5. The number of morpholine rings is 1. The van der Waals surface area contributed by atoms with Crippen LogP contribution in [0.4, 0.5) is 4.39 Å². The number of fused-ring (bicyclic) bond motifs is 1. The maximum absolute atomic E-state index is 13.5. The van der Waals surface area contributed by atoms with E-state index in [-0.39, 0.29) is 17.3 Å². The van der Waals surface area contributed by atoms with Crippen LogP contribution in [0.5, 0.6) is 0 Å². The summed E-state index contributed by atoms with van der Waals surface area (Å²) in [5.41, 5.74) is 2.46. The number of rotatable bonds is 9. The molecule has 1 saturated heterocycles. The summed E-state index contributed by atoms with van der Waals surface area (Å²) in [6.45, 7) is 5.98. The maximum Gasteiger partial charge on any atom is 0.352 e. The molecule has 0 saturated carbocycles. The van der Waals surface area contributed by atoms with E-state index in [0.717, 1.165) is 62.3 Å². The molecule has 1 aliphatic heterocycles. The Morgan fingerprint density at radius 3 is 2.72 bits per heavy atom. The van der Waals surface area contributed by atoms with Crippen LogP contribution in [0, 0.1) is 5.82 Å². The third kappa shape index (κ3) is 5.13. The van der Waals surface area contributed by atoms with Gasteiger partial charge >= 0.3 is 5.97 Å². The fourth-order valence-corrected chi connectivity index (χ4v) is 4.48. The lowest BCUT2D eigenvalue weighted by atomic mass is 10.1. The molecule has 4 rings (SSSR count). The molecule has 32 heavy (non-hydrogen) atoms. The lowest BCUT2D eigenvalue weighted by molar-refractivity contribution is 0.0374. The monoisotopic (exact) mass is 459 g/mol. The van der Waals surface area contributed by atoms with Gasteiger partial charge in [-0.2, -0.15) is 0 Å². The molecule has 0 unspecified atom stereocenters. The second-order valence-corrected chi connectivity index (χ2v) is 8.36. The van der Waals surface area contributed by atoms with E-state index in [2.05, 4.69) is 10.2 Å². The zero-order valence-electron chi connectivity index (χ0n) is 17.8. The Balaban J connectivity index is 1.54. The van der Waals surface area contributed by atoms with Gasteiger partial charge in [-0.15, -0.1) is 0 Å². The highest BCUT2D eigenvalue weighted by Crippen LogP contribution is 2.29. The summed E-state index contributed by atoms with van der Waals surface area (Å²) in [4.78, 5) is 14.7. The van der Waals surface area contributed by atoms with Crippen molar-refractivity contribution in [3.8, 4) is 0 Å². The standard InChI is InChI=1S/C24H27ClFN3O3/c25-21-14-18(26)7-6-17(21)16-29-22-5-2-1-4-19(22)20(23(29)24(30)31)15-27-8-3-9-28-10-12-32-13-11-28/h1-2,4-7,14,27H,3,8-13,15-16H2,(H,30,31). The number of benzene rings is 2. The van der Waals surface area contributed by atoms with E-state index in [0.29, 0.717) is 12.1 Å². The highest BCUT2D eigenvalue weighted by Gasteiger charge is 2.22. The molecule has 2 N–H and O–H groups in total. The van der Waals surface area contributed by atoms with Crippen LogP contribution in [0.25, 0.3) is 10.9 Å². The molecule has 8 heteroatoms. The molecular formula is C24H27ClFN3O3. The number of aromatic nitrogens is 1. The maximum atomic E-state index is 13.5. The number of carboxylic acid groups (broad SMARTS) is 1. The van der Waals surface area contributed by atoms with Crippen molar-refractivity contribution in [1.82, 2.24) is 14.8 Å². The van der Waals surface area contributed by atoms with Crippen molar-refractivity contribution < 1.29 is 19.0 Å². The highest BCUT2D eigenvalue weighted by molar-refractivity contribution is 6.31. The first-order valence-corrected chi connectivity index (χ1v) is 11.2. The van der Waals surface area contributed by atoms with Gasteiger partial charge in [0.1, 0.15) is 11.5 Å². The summed E-state index contributed by atoms with van der Waals surface area (Å²) in [5, 5.41) is 14.6. The number of nitrogens with zero attached hydrogens (tertiary/aromatic N) is 2. The van der Waals surface area contributed by atoms with Gasteiger partial charge in [0.05, 0.1) is 13.2 Å². The van der Waals surface area contributed by atoms with Crippen LogP contribution in [0.3, 0.4) is 0 Å². The Bertz CT molecular complexity index is 1100. The predicted octanol–water partition coefficient (Wildman–Crippen LogP) is 3.99. The van der Waals surface area contributed by atoms with Crippen LogP contribution in [0.2, 0.25) is 5.02 Å². The lowest BCUT2D eigenvalue weighted by Crippen LogP contribution is -2.37. The number of hydrogen-bond acceptors (Lipinski definition) is 4. The van der Waals surface area contributed by atoms with Crippen LogP contribution in [-0.4, -0.2) is 59.9 Å². The summed E-state index contributed by atoms with van der Waals surface area (Å²) in [5.74, 6) is -1.42. The van der Waals surface area contributed by atoms with E-state index in [1.807, 2.05) is 24.3 Å². The summed E-state index contributed by atoms with van der Waals surface area (Å²) >= 11 is 6.23. The Kier molecular flexibility index (Phi) is 7.42. The smallest absolute Gasteiger partial charge is 0.352 e. The minimum absolute atomic E-state index is 0.229. The van der Waals surface area contributed by atoms with Gasteiger partial charge < -0.3 is 19.7 Å². The number of halogens is 2. The Morgan fingerprint density at radius 1 is 1.19 bits per heavy atom. The number of aromatic carboxylic acids is 1. The van der Waals surface area contributed by atoms with Crippen molar-refractivity contribution in [2.24, 2.45) is 0 Å². The van der Waals surface area contributed by atoms with Crippen LogP contribution in [-0.2, 0) is 17.8 Å². The van der Waals surface area contributed by atoms with Crippen LogP contribution in [0.1, 0.15) is 28.0 Å². The lowest BCUT2D eigenvalue weighted by Gasteiger charge is -2.26. The summed E-state index contributed by atoms with van der Waals surface area (Å²) < 4.78 is 20.6. The first kappa shape index (κ1) is 22.7. The Morgan fingerprint density at radius 2 is 1.97 bits per heavy atom. The van der Waals surface area contributed by atoms with Crippen molar-refractivity contribution in [2.75, 3.05) is 39.4 Å². The quantitative estimate of drug-likeness (QED) is 0.473. The number of para-hydroxylation sites is 1. The van der Waals surface area contributed by atoms with Crippen molar-refractivity contribution in [3.63, 3.8) is 0 Å². The molecule has 6 nitrogen and oxygen atoms in total. The van der Waals surface area contributed by atoms with Crippen molar-refractivity contribution in [2.45, 2.75) is 19.5 Å². The normalized spacial score (nSPS) is 14.8. The third-order valence-corrected chi connectivity index (χ3v) is 6.21. The molecule has 1 aliphatic rings. The molecule has 170 valence electrons. The number of ether oxygens (including phenoxy) is 1. The van der Waals surface area contributed by atoms with Crippen molar-refractivity contribution in [3.05, 3.63) is 70.1 Å². The second kappa shape index (κ2) is 10.4. The van der Waals surface area contributed by atoms with Gasteiger partial charge in [-0.1, -0.05) is 35.9 Å². The molecule has 0 aliphatic carbocycles. The Hall–Kier alpha value is -2.45. The molecule has 1 aromatic heterocycles.